The van der Waals surface area contributed by atoms with Crippen LogP contribution in [-0.4, -0.2) is 45.9 Å². The van der Waals surface area contributed by atoms with Gasteiger partial charge in [0.1, 0.15) is 11.5 Å². The second kappa shape index (κ2) is 10.9. The summed E-state index contributed by atoms with van der Waals surface area (Å²) in [6.45, 7) is 3.11. The maximum Gasteiger partial charge on any atom is 0.262 e. The number of anilines is 2. The molecule has 1 aliphatic rings. The zero-order valence-electron chi connectivity index (χ0n) is 20.1. The molecule has 4 rings (SSSR count). The van der Waals surface area contributed by atoms with Gasteiger partial charge in [0.05, 0.1) is 12.1 Å². The number of rotatable bonds is 6. The van der Waals surface area contributed by atoms with Crippen molar-refractivity contribution >= 4 is 29.1 Å². The number of hydrogen-bond acceptors (Lipinski definition) is 5. The molecule has 0 atom stereocenters. The molecule has 3 aromatic rings. The molecule has 1 aliphatic heterocycles. The summed E-state index contributed by atoms with van der Waals surface area (Å²) in [4.78, 5) is 41.0. The second-order valence-electron chi connectivity index (χ2n) is 8.87. The lowest BCUT2D eigenvalue weighted by Gasteiger charge is -2.27. The second-order valence-corrected chi connectivity index (χ2v) is 8.87. The van der Waals surface area contributed by atoms with Gasteiger partial charge in [0.15, 0.2) is 0 Å². The molecule has 1 saturated heterocycles. The molecular weight excluding hydrogens is 458 g/mol. The van der Waals surface area contributed by atoms with Gasteiger partial charge >= 0.3 is 0 Å². The number of aromatic hydroxyl groups is 2. The Bertz CT molecular complexity index is 1250. The van der Waals surface area contributed by atoms with E-state index in [4.69, 9.17) is 0 Å². The highest BCUT2D eigenvalue weighted by molar-refractivity contribution is 6.08. The Hall–Kier alpha value is -4.33. The molecule has 0 spiro atoms. The first-order valence-corrected chi connectivity index (χ1v) is 11.9. The molecular formula is C28H29N3O5. The summed E-state index contributed by atoms with van der Waals surface area (Å²) in [5.41, 5.74) is 2.58. The minimum atomic E-state index is -0.464. The van der Waals surface area contributed by atoms with Gasteiger partial charge in [-0.15, -0.1) is 0 Å². The van der Waals surface area contributed by atoms with Gasteiger partial charge in [-0.25, -0.2) is 0 Å². The number of nitrogens with one attached hydrogen (secondary N) is 1. The quantitative estimate of drug-likeness (QED) is 0.473. The number of piperidine rings is 1. The number of phenolic OH excluding ortho intramolecular Hbond substituents is 2. The molecule has 8 nitrogen and oxygen atoms in total. The normalized spacial score (nSPS) is 13.2. The third kappa shape index (κ3) is 5.83. The molecule has 8 heteroatoms. The molecule has 0 bridgehead atoms. The van der Waals surface area contributed by atoms with Crippen LogP contribution in [0.15, 0.2) is 66.7 Å². The zero-order chi connectivity index (χ0) is 25.7. The topological polar surface area (TPSA) is 110 Å². The van der Waals surface area contributed by atoms with Gasteiger partial charge in [-0.05, 0) is 73.4 Å². The number of amides is 3. The maximum absolute atomic E-state index is 13.5. The van der Waals surface area contributed by atoms with Crippen molar-refractivity contribution in [2.24, 2.45) is 0 Å². The van der Waals surface area contributed by atoms with Gasteiger partial charge in [0, 0.05) is 43.0 Å². The van der Waals surface area contributed by atoms with Gasteiger partial charge in [0.2, 0.25) is 5.91 Å². The van der Waals surface area contributed by atoms with Crippen LogP contribution >= 0.6 is 0 Å². The van der Waals surface area contributed by atoms with Crippen molar-refractivity contribution in [1.82, 2.24) is 4.90 Å². The SMILES string of the molecule is CC(=O)Nc1ccc(CN(C(=O)c2ccc(O)cc2O)c2ccc(C(=O)N3CCCCC3)cc2)cc1. The van der Waals surface area contributed by atoms with Crippen LogP contribution in [0, 0.1) is 0 Å². The van der Waals surface area contributed by atoms with Crippen molar-refractivity contribution in [3.05, 3.63) is 83.4 Å². The van der Waals surface area contributed by atoms with Crippen molar-refractivity contribution < 1.29 is 24.6 Å². The number of carbonyl (C=O) groups is 3. The number of carbonyl (C=O) groups excluding carboxylic acids is 3. The molecule has 0 aromatic heterocycles. The minimum absolute atomic E-state index is 0.0242. The summed E-state index contributed by atoms with van der Waals surface area (Å²) in [5, 5.41) is 22.7. The summed E-state index contributed by atoms with van der Waals surface area (Å²) < 4.78 is 0. The third-order valence-corrected chi connectivity index (χ3v) is 6.14. The number of likely N-dealkylation sites (tertiary alicyclic amines) is 1. The third-order valence-electron chi connectivity index (χ3n) is 6.14. The average Bonchev–Trinajstić information content (AvgIpc) is 2.88. The van der Waals surface area contributed by atoms with Crippen LogP contribution < -0.4 is 10.2 Å². The van der Waals surface area contributed by atoms with E-state index in [1.807, 2.05) is 4.90 Å². The van der Waals surface area contributed by atoms with Crippen LogP contribution in [-0.2, 0) is 11.3 Å². The van der Waals surface area contributed by atoms with Crippen LogP contribution in [0.25, 0.3) is 0 Å². The van der Waals surface area contributed by atoms with Gasteiger partial charge < -0.3 is 25.3 Å². The van der Waals surface area contributed by atoms with E-state index in [2.05, 4.69) is 5.32 Å². The molecule has 0 unspecified atom stereocenters. The number of benzene rings is 3. The van der Waals surface area contributed by atoms with E-state index in [0.29, 0.717) is 16.9 Å². The summed E-state index contributed by atoms with van der Waals surface area (Å²) in [6.07, 6.45) is 3.14. The molecule has 1 fully saturated rings. The lowest BCUT2D eigenvalue weighted by Crippen LogP contribution is -2.35. The van der Waals surface area contributed by atoms with Gasteiger partial charge in [-0.1, -0.05) is 12.1 Å². The number of nitrogens with zero attached hydrogens (tertiary/aromatic N) is 2. The molecule has 3 aromatic carbocycles. The van der Waals surface area contributed by atoms with E-state index in [9.17, 15) is 24.6 Å². The summed E-state index contributed by atoms with van der Waals surface area (Å²) in [6, 6.07) is 17.8. The number of phenols is 2. The van der Waals surface area contributed by atoms with Gasteiger partial charge in [-0.3, -0.25) is 14.4 Å². The Morgan fingerprint density at radius 2 is 1.56 bits per heavy atom. The fourth-order valence-electron chi connectivity index (χ4n) is 4.27. The molecule has 186 valence electrons. The van der Waals surface area contributed by atoms with E-state index in [-0.39, 0.29) is 35.4 Å². The molecule has 36 heavy (non-hydrogen) atoms. The predicted octanol–water partition coefficient (Wildman–Crippen LogP) is 4.53. The monoisotopic (exact) mass is 487 g/mol. The molecule has 3 amide bonds. The molecule has 0 saturated carbocycles. The highest BCUT2D eigenvalue weighted by atomic mass is 16.3. The predicted molar refractivity (Wildman–Crippen MR) is 137 cm³/mol. The van der Waals surface area contributed by atoms with Crippen molar-refractivity contribution in [3.63, 3.8) is 0 Å². The lowest BCUT2D eigenvalue weighted by molar-refractivity contribution is -0.114. The van der Waals surface area contributed by atoms with Crippen LogP contribution in [0.1, 0.15) is 52.5 Å². The summed E-state index contributed by atoms with van der Waals surface area (Å²) in [7, 11) is 0. The Labute approximate surface area is 209 Å². The van der Waals surface area contributed by atoms with Crippen LogP contribution in [0.5, 0.6) is 11.5 Å². The van der Waals surface area contributed by atoms with Crippen molar-refractivity contribution in [3.8, 4) is 11.5 Å². The van der Waals surface area contributed by atoms with Gasteiger partial charge in [0.25, 0.3) is 11.8 Å². The lowest BCUT2D eigenvalue weighted by atomic mass is 10.1. The van der Waals surface area contributed by atoms with Crippen LogP contribution in [0.2, 0.25) is 0 Å². The molecule has 1 heterocycles. The molecule has 3 N–H and O–H groups in total. The Balaban J connectivity index is 1.62. The summed E-state index contributed by atoms with van der Waals surface area (Å²) in [5.74, 6) is -1.15. The first-order valence-electron chi connectivity index (χ1n) is 11.9. The van der Waals surface area contributed by atoms with Crippen LogP contribution in [0.4, 0.5) is 11.4 Å². The van der Waals surface area contributed by atoms with E-state index in [0.717, 1.165) is 44.0 Å². The average molecular weight is 488 g/mol. The van der Waals surface area contributed by atoms with E-state index >= 15 is 0 Å². The van der Waals surface area contributed by atoms with E-state index < -0.39 is 5.91 Å². The van der Waals surface area contributed by atoms with E-state index in [1.54, 1.807) is 48.5 Å². The smallest absolute Gasteiger partial charge is 0.262 e. The van der Waals surface area contributed by atoms with Crippen molar-refractivity contribution in [2.75, 3.05) is 23.3 Å². The largest absolute Gasteiger partial charge is 0.508 e. The standard InChI is InChI=1S/C28H29N3O5/c1-19(32)29-22-9-5-20(6-10-22)18-31(28(36)25-14-13-24(33)17-26(25)34)23-11-7-21(8-12-23)27(35)30-15-3-2-4-16-30/h5-14,17,33-34H,2-4,15-16,18H2,1H3,(H,29,32). The van der Waals surface area contributed by atoms with Crippen molar-refractivity contribution in [2.45, 2.75) is 32.7 Å². The Kier molecular flexibility index (Phi) is 7.53. The first-order chi connectivity index (χ1) is 17.3. The number of hydrogen-bond donors (Lipinski definition) is 3. The summed E-state index contributed by atoms with van der Waals surface area (Å²) >= 11 is 0. The first kappa shape index (κ1) is 24.8. The molecule has 0 radical (unpaired) electrons. The van der Waals surface area contributed by atoms with Crippen molar-refractivity contribution in [1.29, 1.82) is 0 Å². The highest BCUT2D eigenvalue weighted by Crippen LogP contribution is 2.28. The maximum atomic E-state index is 13.5. The van der Waals surface area contributed by atoms with Crippen LogP contribution in [0.3, 0.4) is 0 Å². The Morgan fingerprint density at radius 1 is 0.889 bits per heavy atom. The Morgan fingerprint density at radius 3 is 2.17 bits per heavy atom. The zero-order valence-corrected chi connectivity index (χ0v) is 20.1. The van der Waals surface area contributed by atoms with E-state index in [1.165, 1.54) is 24.0 Å². The van der Waals surface area contributed by atoms with Gasteiger partial charge in [-0.2, -0.15) is 0 Å². The highest BCUT2D eigenvalue weighted by Gasteiger charge is 2.23. The molecule has 0 aliphatic carbocycles. The fraction of sp³-hybridized carbons (Fsp3) is 0.250. The fourth-order valence-corrected chi connectivity index (χ4v) is 4.27. The minimum Gasteiger partial charge on any atom is -0.508 e.